The van der Waals surface area contributed by atoms with Crippen LogP contribution in [0.5, 0.6) is 0 Å². The number of hydrogen-bond acceptors (Lipinski definition) is 4. The topological polar surface area (TPSA) is 72.5 Å². The van der Waals surface area contributed by atoms with Gasteiger partial charge in [0.25, 0.3) is 5.91 Å². The van der Waals surface area contributed by atoms with Gasteiger partial charge in [-0.1, -0.05) is 40.2 Å². The van der Waals surface area contributed by atoms with Gasteiger partial charge < -0.3 is 10.1 Å². The summed E-state index contributed by atoms with van der Waals surface area (Å²) in [6.07, 6.45) is 0. The summed E-state index contributed by atoms with van der Waals surface area (Å²) in [5.74, 6) is -2.58. The van der Waals surface area contributed by atoms with E-state index < -0.39 is 30.8 Å². The molecule has 7 heteroatoms. The number of carbonyl (C=O) groups excluding carboxylic acids is 3. The quantitative estimate of drug-likeness (QED) is 0.604. The SMILES string of the molecule is O=C(CNC(=O)c1ccccc1F)OCC(=O)c1cccc(Br)c1. The van der Waals surface area contributed by atoms with E-state index in [0.29, 0.717) is 5.56 Å². The number of halogens is 2. The highest BCUT2D eigenvalue weighted by molar-refractivity contribution is 9.10. The predicted molar refractivity (Wildman–Crippen MR) is 88.2 cm³/mol. The third kappa shape index (κ3) is 4.99. The van der Waals surface area contributed by atoms with E-state index in [-0.39, 0.29) is 11.3 Å². The van der Waals surface area contributed by atoms with Gasteiger partial charge in [-0.05, 0) is 24.3 Å². The summed E-state index contributed by atoms with van der Waals surface area (Å²) in [7, 11) is 0. The number of ether oxygens (including phenoxy) is 1. The van der Waals surface area contributed by atoms with Gasteiger partial charge in [0, 0.05) is 10.0 Å². The van der Waals surface area contributed by atoms with Gasteiger partial charge in [-0.2, -0.15) is 0 Å². The Kier molecular flexibility index (Phi) is 6.20. The predicted octanol–water partition coefficient (Wildman–Crippen LogP) is 2.74. The molecule has 0 aliphatic heterocycles. The highest BCUT2D eigenvalue weighted by Gasteiger charge is 2.14. The zero-order valence-electron chi connectivity index (χ0n) is 12.4. The van der Waals surface area contributed by atoms with Crippen molar-refractivity contribution in [3.05, 3.63) is 69.9 Å². The van der Waals surface area contributed by atoms with Gasteiger partial charge in [0.1, 0.15) is 12.4 Å². The van der Waals surface area contributed by atoms with Crippen LogP contribution < -0.4 is 5.32 Å². The minimum atomic E-state index is -0.789. The number of amides is 1. The van der Waals surface area contributed by atoms with Crippen molar-refractivity contribution in [2.24, 2.45) is 0 Å². The van der Waals surface area contributed by atoms with E-state index in [9.17, 15) is 18.8 Å². The van der Waals surface area contributed by atoms with E-state index in [0.717, 1.165) is 10.5 Å². The van der Waals surface area contributed by atoms with Crippen LogP contribution in [0.1, 0.15) is 20.7 Å². The molecule has 0 atom stereocenters. The summed E-state index contributed by atoms with van der Waals surface area (Å²) in [5, 5.41) is 2.24. The summed E-state index contributed by atoms with van der Waals surface area (Å²) in [6.45, 7) is -0.899. The van der Waals surface area contributed by atoms with Gasteiger partial charge in [0.15, 0.2) is 12.4 Å². The fourth-order valence-corrected chi connectivity index (χ4v) is 2.23. The van der Waals surface area contributed by atoms with Crippen molar-refractivity contribution in [3.63, 3.8) is 0 Å². The molecule has 124 valence electrons. The Hall–Kier alpha value is -2.54. The molecule has 0 heterocycles. The summed E-state index contributed by atoms with van der Waals surface area (Å²) < 4.78 is 18.9. The van der Waals surface area contributed by atoms with E-state index in [1.54, 1.807) is 24.3 Å². The Morgan fingerprint density at radius 1 is 1.08 bits per heavy atom. The number of esters is 1. The molecule has 0 saturated carbocycles. The lowest BCUT2D eigenvalue weighted by molar-refractivity contribution is -0.141. The van der Waals surface area contributed by atoms with Crippen LogP contribution in [0.3, 0.4) is 0 Å². The van der Waals surface area contributed by atoms with Crippen LogP contribution in [0.25, 0.3) is 0 Å². The first-order valence-electron chi connectivity index (χ1n) is 6.94. The van der Waals surface area contributed by atoms with E-state index in [1.165, 1.54) is 18.2 Å². The molecule has 5 nitrogen and oxygen atoms in total. The molecule has 1 N–H and O–H groups in total. The third-order valence-corrected chi connectivity index (χ3v) is 3.52. The average molecular weight is 394 g/mol. The monoisotopic (exact) mass is 393 g/mol. The lowest BCUT2D eigenvalue weighted by atomic mass is 10.1. The maximum Gasteiger partial charge on any atom is 0.325 e. The first kappa shape index (κ1) is 17.8. The Morgan fingerprint density at radius 2 is 1.83 bits per heavy atom. The zero-order valence-corrected chi connectivity index (χ0v) is 14.0. The zero-order chi connectivity index (χ0) is 17.5. The molecule has 2 rings (SSSR count). The molecule has 0 saturated heterocycles. The number of Topliss-reactive ketones (excluding diaryl/α,β-unsaturated/α-hetero) is 1. The number of benzene rings is 2. The third-order valence-electron chi connectivity index (χ3n) is 3.02. The number of hydrogen-bond donors (Lipinski definition) is 1. The molecule has 0 spiro atoms. The second kappa shape index (κ2) is 8.35. The van der Waals surface area contributed by atoms with Gasteiger partial charge in [0.05, 0.1) is 5.56 Å². The molecule has 0 radical (unpaired) electrons. The van der Waals surface area contributed by atoms with E-state index in [1.807, 2.05) is 0 Å². The molecule has 0 unspecified atom stereocenters. The Labute approximate surface area is 145 Å². The number of rotatable bonds is 6. The highest BCUT2D eigenvalue weighted by Crippen LogP contribution is 2.12. The van der Waals surface area contributed by atoms with E-state index in [4.69, 9.17) is 4.74 Å². The Bertz CT molecular complexity index is 779. The molecule has 24 heavy (non-hydrogen) atoms. The van der Waals surface area contributed by atoms with Crippen LogP contribution in [0.2, 0.25) is 0 Å². The number of ketones is 1. The van der Waals surface area contributed by atoms with Gasteiger partial charge in [-0.3, -0.25) is 14.4 Å². The lowest BCUT2D eigenvalue weighted by Crippen LogP contribution is -2.32. The molecule has 2 aromatic carbocycles. The fraction of sp³-hybridized carbons (Fsp3) is 0.118. The van der Waals surface area contributed by atoms with Crippen molar-refractivity contribution >= 4 is 33.6 Å². The van der Waals surface area contributed by atoms with Crippen LogP contribution in [0.15, 0.2) is 53.0 Å². The summed E-state index contributed by atoms with van der Waals surface area (Å²) in [5.41, 5.74) is 0.225. The molecule has 0 bridgehead atoms. The van der Waals surface area contributed by atoms with E-state index in [2.05, 4.69) is 21.2 Å². The Morgan fingerprint density at radius 3 is 2.54 bits per heavy atom. The molecule has 0 aromatic heterocycles. The first-order valence-corrected chi connectivity index (χ1v) is 7.74. The first-order chi connectivity index (χ1) is 11.5. The van der Waals surface area contributed by atoms with Crippen molar-refractivity contribution in [2.75, 3.05) is 13.2 Å². The number of carbonyl (C=O) groups is 3. The summed E-state index contributed by atoms with van der Waals surface area (Å²) >= 11 is 3.24. The minimum Gasteiger partial charge on any atom is -0.456 e. The van der Waals surface area contributed by atoms with Crippen LogP contribution in [-0.4, -0.2) is 30.8 Å². The number of nitrogens with one attached hydrogen (secondary N) is 1. The second-order valence-electron chi connectivity index (χ2n) is 4.76. The summed E-state index contributed by atoms with van der Waals surface area (Å²) in [4.78, 5) is 35.2. The van der Waals surface area contributed by atoms with Crippen molar-refractivity contribution in [1.29, 1.82) is 0 Å². The summed E-state index contributed by atoms with van der Waals surface area (Å²) in [6, 6.07) is 12.1. The normalized spacial score (nSPS) is 10.1. The average Bonchev–Trinajstić information content (AvgIpc) is 2.58. The minimum absolute atomic E-state index is 0.171. The van der Waals surface area contributed by atoms with Gasteiger partial charge in [0.2, 0.25) is 0 Å². The second-order valence-corrected chi connectivity index (χ2v) is 5.67. The maximum absolute atomic E-state index is 13.4. The van der Waals surface area contributed by atoms with Crippen molar-refractivity contribution in [3.8, 4) is 0 Å². The molecule has 2 aromatic rings. The smallest absolute Gasteiger partial charge is 0.325 e. The lowest BCUT2D eigenvalue weighted by Gasteiger charge is -2.07. The van der Waals surface area contributed by atoms with Crippen LogP contribution in [0, 0.1) is 5.82 Å². The van der Waals surface area contributed by atoms with Crippen LogP contribution in [0.4, 0.5) is 4.39 Å². The van der Waals surface area contributed by atoms with Crippen molar-refractivity contribution in [2.45, 2.75) is 0 Å². The molecule has 0 aliphatic rings. The largest absolute Gasteiger partial charge is 0.456 e. The molecule has 0 aliphatic carbocycles. The molecular weight excluding hydrogens is 381 g/mol. The Balaban J connectivity index is 1.80. The molecule has 1 amide bonds. The van der Waals surface area contributed by atoms with Gasteiger partial charge in [-0.15, -0.1) is 0 Å². The van der Waals surface area contributed by atoms with Crippen molar-refractivity contribution < 1.29 is 23.5 Å². The standard InChI is InChI=1S/C17H13BrFNO4/c18-12-5-3-4-11(8-12)15(21)10-24-16(22)9-20-17(23)13-6-1-2-7-14(13)19/h1-8H,9-10H2,(H,20,23). The fourth-order valence-electron chi connectivity index (χ4n) is 1.84. The molecule has 0 fully saturated rings. The highest BCUT2D eigenvalue weighted by atomic mass is 79.9. The van der Waals surface area contributed by atoms with E-state index >= 15 is 0 Å². The maximum atomic E-state index is 13.4. The van der Waals surface area contributed by atoms with Crippen LogP contribution >= 0.6 is 15.9 Å². The van der Waals surface area contributed by atoms with Crippen molar-refractivity contribution in [1.82, 2.24) is 5.32 Å². The van der Waals surface area contributed by atoms with Gasteiger partial charge in [-0.25, -0.2) is 4.39 Å². The molecular formula is C17H13BrFNO4. The van der Waals surface area contributed by atoms with Gasteiger partial charge >= 0.3 is 5.97 Å². The van der Waals surface area contributed by atoms with Crippen LogP contribution in [-0.2, 0) is 9.53 Å².